The predicted molar refractivity (Wildman–Crippen MR) is 393 cm³/mol. The van der Waals surface area contributed by atoms with E-state index in [1.807, 2.05) is 47.4 Å². The monoisotopic (exact) mass is 1360 g/mol. The quantitative estimate of drug-likeness (QED) is 0.0336. The van der Waals surface area contributed by atoms with Gasteiger partial charge < -0.3 is 61.9 Å². The molecule has 2 unspecified atom stereocenters. The number of piperazine rings is 2. The summed E-state index contributed by atoms with van der Waals surface area (Å²) in [6.45, 7) is 29.7. The van der Waals surface area contributed by atoms with Gasteiger partial charge in [0.15, 0.2) is 28.1 Å². The number of hydrogen-bond donors (Lipinski definition) is 0. The van der Waals surface area contributed by atoms with Crippen molar-refractivity contribution < 1.29 is 51.7 Å². The van der Waals surface area contributed by atoms with Gasteiger partial charge in [-0.1, -0.05) is 98.8 Å². The average molecular weight is 1360 g/mol. The van der Waals surface area contributed by atoms with Crippen LogP contribution in [0.25, 0.3) is 21.5 Å². The van der Waals surface area contributed by atoms with E-state index in [1.165, 1.54) is 11.1 Å². The van der Waals surface area contributed by atoms with Crippen LogP contribution in [-0.2, 0) is 53.1 Å². The Morgan fingerprint density at radius 1 is 0.485 bits per heavy atom. The highest BCUT2D eigenvalue weighted by atomic mass is 28.4. The van der Waals surface area contributed by atoms with E-state index in [-0.39, 0.29) is 73.5 Å². The maximum Gasteiger partial charge on any atom is 0.306 e. The molecule has 6 aliphatic rings. The topological polar surface area (TPSA) is 177 Å². The van der Waals surface area contributed by atoms with Crippen LogP contribution in [0.3, 0.4) is 0 Å². The summed E-state index contributed by atoms with van der Waals surface area (Å²) in [6.07, 6.45) is 6.25. The van der Waals surface area contributed by atoms with Crippen molar-refractivity contribution in [2.75, 3.05) is 126 Å². The molecule has 0 N–H and O–H groups in total. The molecule has 2 amide bonds. The SMILES string of the molecule is CCCOCCOC(=O)CCC(=O)N1CCN(c2cc3c(c4ccccc24)N=CC2(O3)N(C)c3ccccc3C2(C)C)CC1.CC[Si](C)(C)O[Si](C)(C)CCCOCCOC(=O)CCC(=O)N1CCN(c2cc3c(c4ccccc24)N=CC2(O3)N(C)c3ccccc3C2(C)C)CC1. The van der Waals surface area contributed by atoms with E-state index in [1.54, 1.807) is 0 Å². The number of fused-ring (bicyclic) bond motifs is 8. The number of ether oxygens (including phenoxy) is 6. The zero-order valence-electron chi connectivity index (χ0n) is 59.2. The van der Waals surface area contributed by atoms with Crippen LogP contribution in [0.15, 0.2) is 119 Å². The third kappa shape index (κ3) is 14.4. The van der Waals surface area contributed by atoms with Crippen molar-refractivity contribution in [3.8, 4) is 11.5 Å². The molecule has 12 rings (SSSR count). The number of hydrogen-bond acceptors (Lipinski definition) is 17. The molecule has 2 saturated heterocycles. The zero-order valence-corrected chi connectivity index (χ0v) is 61.2. The molecule has 0 radical (unpaired) electrons. The summed E-state index contributed by atoms with van der Waals surface area (Å²) < 4.78 is 42.2. The normalized spacial score (nSPS) is 19.7. The summed E-state index contributed by atoms with van der Waals surface area (Å²) in [4.78, 5) is 73.5. The van der Waals surface area contributed by atoms with Crippen molar-refractivity contribution in [2.45, 2.75) is 141 Å². The van der Waals surface area contributed by atoms with E-state index < -0.39 is 28.1 Å². The van der Waals surface area contributed by atoms with E-state index in [9.17, 15) is 19.2 Å². The van der Waals surface area contributed by atoms with Crippen LogP contribution in [0.4, 0.5) is 34.1 Å². The van der Waals surface area contributed by atoms with Gasteiger partial charge in [-0.2, -0.15) is 0 Å². The first-order valence-electron chi connectivity index (χ1n) is 34.9. The van der Waals surface area contributed by atoms with Gasteiger partial charge in [-0.3, -0.25) is 29.2 Å². The van der Waals surface area contributed by atoms with E-state index in [0.717, 1.165) is 92.1 Å². The van der Waals surface area contributed by atoms with Gasteiger partial charge in [0.2, 0.25) is 23.3 Å². The number of likely N-dealkylation sites (N-methyl/N-ethyl adjacent to an activating group) is 2. The van der Waals surface area contributed by atoms with Gasteiger partial charge in [0.25, 0.3) is 0 Å². The van der Waals surface area contributed by atoms with E-state index >= 15 is 0 Å². The summed E-state index contributed by atoms with van der Waals surface area (Å²) in [5.41, 5.74) is 6.34. The number of esters is 2. The standard InChI is InChI=1S/C41H58N4O6Si2.C35H42N4O5/c1-9-52(5,6)51-53(7,8)28-14-25-48-26-27-49-38(47)20-19-37(46)45-23-21-44(22-24-45)35-29-36-39(32-16-11-10-15-31(32)35)42-30-41(50-36)40(2,3)33-17-12-13-18-34(33)43(41)4;1-5-20-42-21-22-43-32(41)15-14-31(40)39-18-16-38(17-19-39)29-23-30-33(26-11-7-6-10-25(26)29)36-24-35(44-30)34(2,3)27-12-8-9-13-28(27)37(35)4/h10-13,15-18,29-30H,9,14,19-28H2,1-8H3;6-13,23-24H,5,14-22H2,1-4H3. The minimum absolute atomic E-state index is 0.0233. The van der Waals surface area contributed by atoms with Gasteiger partial charge in [0.1, 0.15) is 24.6 Å². The van der Waals surface area contributed by atoms with Gasteiger partial charge in [-0.15, -0.1) is 0 Å². The second-order valence-corrected chi connectivity index (χ2v) is 37.6. The Balaban J connectivity index is 0.000000200. The average Bonchev–Trinajstić information content (AvgIpc) is 1.57. The summed E-state index contributed by atoms with van der Waals surface area (Å²) in [5, 5.41) is 4.29. The Labute approximate surface area is 575 Å². The largest absolute Gasteiger partial charge is 0.463 e. The molecular weight excluding hydrogens is 1260 g/mol. The number of carbonyl (C=O) groups excluding carboxylic acids is 4. The van der Waals surface area contributed by atoms with Crippen LogP contribution in [0.2, 0.25) is 38.3 Å². The van der Waals surface area contributed by atoms with Crippen LogP contribution in [0, 0.1) is 0 Å². The number of aliphatic imine (C=N–C) groups is 2. The molecule has 6 aromatic rings. The maximum atomic E-state index is 13.1. The van der Waals surface area contributed by atoms with Crippen LogP contribution in [0.1, 0.15) is 91.2 Å². The van der Waals surface area contributed by atoms with E-state index in [2.05, 4.69) is 185 Å². The fraction of sp³-hybridized carbons (Fsp3) is 0.500. The van der Waals surface area contributed by atoms with Gasteiger partial charge in [-0.25, -0.2) is 0 Å². The highest BCUT2D eigenvalue weighted by molar-refractivity contribution is 6.84. The Morgan fingerprint density at radius 3 is 1.30 bits per heavy atom. The Bertz CT molecular complexity index is 3920. The van der Waals surface area contributed by atoms with Gasteiger partial charge in [-0.05, 0) is 102 Å². The Kier molecular flexibility index (Phi) is 21.3. The summed E-state index contributed by atoms with van der Waals surface area (Å²) in [7, 11) is 0.899. The third-order valence-corrected chi connectivity index (χ3v) is 28.4. The van der Waals surface area contributed by atoms with Crippen LogP contribution >= 0.6 is 0 Å². The molecule has 2 spiro atoms. The number of anilines is 4. The van der Waals surface area contributed by atoms with Crippen molar-refractivity contribution in [1.82, 2.24) is 9.80 Å². The maximum absolute atomic E-state index is 13.1. The number of benzene rings is 6. The van der Waals surface area contributed by atoms with Crippen molar-refractivity contribution >= 4 is 108 Å². The van der Waals surface area contributed by atoms with E-state index in [4.69, 9.17) is 42.5 Å². The van der Waals surface area contributed by atoms with Crippen LogP contribution < -0.4 is 29.1 Å². The van der Waals surface area contributed by atoms with Gasteiger partial charge >= 0.3 is 11.9 Å². The molecular formula is C76H100N8O11Si2. The number of para-hydroxylation sites is 2. The Hall–Kier alpha value is -7.83. The fourth-order valence-electron chi connectivity index (χ4n) is 14.8. The molecule has 518 valence electrons. The summed E-state index contributed by atoms with van der Waals surface area (Å²) >= 11 is 0. The molecule has 6 aliphatic heterocycles. The van der Waals surface area contributed by atoms with Crippen molar-refractivity contribution in [3.05, 3.63) is 120 Å². The first-order valence-corrected chi connectivity index (χ1v) is 41.2. The first kappa shape index (κ1) is 70.5. The van der Waals surface area contributed by atoms with Crippen molar-refractivity contribution in [2.24, 2.45) is 9.98 Å². The Morgan fingerprint density at radius 2 is 0.887 bits per heavy atom. The molecule has 2 atom stereocenters. The molecule has 6 aromatic carbocycles. The lowest BCUT2D eigenvalue weighted by molar-refractivity contribution is -0.147. The molecule has 0 saturated carbocycles. The highest BCUT2D eigenvalue weighted by Crippen LogP contribution is 2.57. The number of carbonyl (C=O) groups is 4. The van der Waals surface area contributed by atoms with Gasteiger partial charge in [0.05, 0.1) is 49.3 Å². The molecule has 0 aliphatic carbocycles. The van der Waals surface area contributed by atoms with Gasteiger partial charge in [0, 0.05) is 149 Å². The highest BCUT2D eigenvalue weighted by Gasteiger charge is 2.60. The lowest BCUT2D eigenvalue weighted by Crippen LogP contribution is -2.61. The van der Waals surface area contributed by atoms with E-state index in [0.29, 0.717) is 78.8 Å². The fourth-order valence-corrected chi connectivity index (χ4v) is 22.8. The molecule has 0 aromatic heterocycles. The van der Waals surface area contributed by atoms with Crippen LogP contribution in [0.5, 0.6) is 11.5 Å². The van der Waals surface area contributed by atoms with Crippen molar-refractivity contribution in [1.29, 1.82) is 0 Å². The minimum atomic E-state index is -1.69. The lowest BCUT2D eigenvalue weighted by Gasteiger charge is -2.45. The minimum Gasteiger partial charge on any atom is -0.463 e. The molecule has 97 heavy (non-hydrogen) atoms. The molecule has 6 heterocycles. The molecule has 19 nitrogen and oxygen atoms in total. The molecule has 0 bridgehead atoms. The number of nitrogens with zero attached hydrogens (tertiary/aromatic N) is 8. The number of amides is 2. The third-order valence-electron chi connectivity index (χ3n) is 20.7. The first-order chi connectivity index (χ1) is 46.4. The molecule has 21 heteroatoms. The second-order valence-electron chi connectivity index (χ2n) is 28.6. The smallest absolute Gasteiger partial charge is 0.306 e. The molecule has 2 fully saturated rings. The lowest BCUT2D eigenvalue weighted by atomic mass is 9.77. The summed E-state index contributed by atoms with van der Waals surface area (Å²) in [5.74, 6) is 0.731. The number of rotatable bonds is 23. The van der Waals surface area contributed by atoms with Crippen LogP contribution in [-0.4, -0.2) is 180 Å². The second kappa shape index (κ2) is 29.3. The zero-order chi connectivity index (χ0) is 68.9. The summed E-state index contributed by atoms with van der Waals surface area (Å²) in [6, 6.07) is 40.0. The predicted octanol–water partition coefficient (Wildman–Crippen LogP) is 13.3. The van der Waals surface area contributed by atoms with Crippen molar-refractivity contribution in [3.63, 3.8) is 0 Å².